The lowest BCUT2D eigenvalue weighted by Gasteiger charge is -2.63. The molecule has 2 nitrogen and oxygen atoms in total. The maximum Gasteiger partial charge on any atom is 0.0744 e. The normalized spacial score (nSPS) is 53.8. The minimum absolute atomic E-state index is 0.0689. The summed E-state index contributed by atoms with van der Waals surface area (Å²) in [5.74, 6) is 3.85. The molecule has 5 fully saturated rings. The number of aliphatic hydroxyl groups is 2. The van der Waals surface area contributed by atoms with Crippen molar-refractivity contribution in [2.24, 2.45) is 56.7 Å². The van der Waals surface area contributed by atoms with Crippen LogP contribution in [-0.2, 0) is 0 Å². The van der Waals surface area contributed by atoms with Gasteiger partial charge in [-0.3, -0.25) is 0 Å². The quantitative estimate of drug-likeness (QED) is 0.423. The summed E-state index contributed by atoms with van der Waals surface area (Å²) in [6.07, 6.45) is 12.1. The van der Waals surface area contributed by atoms with E-state index in [0.29, 0.717) is 33.5 Å². The fraction of sp³-hybridized carbons (Fsp3) is 0.935. The first-order chi connectivity index (χ1) is 15.3. The van der Waals surface area contributed by atoms with Crippen LogP contribution in [0.25, 0.3) is 0 Å². The summed E-state index contributed by atoms with van der Waals surface area (Å²) < 4.78 is 0. The first-order valence-corrected chi connectivity index (χ1v) is 14.3. The van der Waals surface area contributed by atoms with Crippen molar-refractivity contribution in [3.05, 3.63) is 12.2 Å². The summed E-state index contributed by atoms with van der Waals surface area (Å²) >= 11 is 0. The molecule has 0 aromatic heterocycles. The predicted molar refractivity (Wildman–Crippen MR) is 137 cm³/mol. The van der Waals surface area contributed by atoms with Gasteiger partial charge in [0.25, 0.3) is 0 Å². The Labute approximate surface area is 204 Å². The second kappa shape index (κ2) is 7.34. The third-order valence-electron chi connectivity index (χ3n) is 14.0. The third-order valence-corrected chi connectivity index (χ3v) is 14.0. The lowest BCUT2D eigenvalue weighted by Crippen LogP contribution is -2.57. The molecule has 2 N–H and O–H groups in total. The third kappa shape index (κ3) is 2.75. The molecule has 5 aliphatic carbocycles. The highest BCUT2D eigenvalue weighted by atomic mass is 16.3. The lowest BCUT2D eigenvalue weighted by atomic mass is 9.41. The highest BCUT2D eigenvalue weighted by molar-refractivity contribution is 5.33. The van der Waals surface area contributed by atoms with Gasteiger partial charge in [0.05, 0.1) is 12.2 Å². The van der Waals surface area contributed by atoms with Gasteiger partial charge in [0.1, 0.15) is 0 Å². The average Bonchev–Trinajstić information content (AvgIpc) is 3.15. The van der Waals surface area contributed by atoms with E-state index in [1.807, 2.05) is 6.92 Å². The van der Waals surface area contributed by atoms with Crippen LogP contribution in [0.3, 0.4) is 0 Å². The van der Waals surface area contributed by atoms with Crippen LogP contribution < -0.4 is 0 Å². The second-order valence-corrected chi connectivity index (χ2v) is 14.8. The van der Waals surface area contributed by atoms with Crippen LogP contribution in [0.15, 0.2) is 12.2 Å². The van der Waals surface area contributed by atoms with Crippen molar-refractivity contribution in [3.63, 3.8) is 0 Å². The molecule has 0 aromatic rings. The van der Waals surface area contributed by atoms with E-state index in [9.17, 15) is 10.2 Å². The molecule has 5 rings (SSSR count). The van der Waals surface area contributed by atoms with Gasteiger partial charge >= 0.3 is 0 Å². The Hall–Kier alpha value is -0.340. The number of fused-ring (bicyclic) bond motifs is 2. The number of aliphatic hydroxyl groups excluding tert-OH is 2. The smallest absolute Gasteiger partial charge is 0.0744 e. The fourth-order valence-corrected chi connectivity index (χ4v) is 11.9. The Bertz CT molecular complexity index is 816. The van der Waals surface area contributed by atoms with Gasteiger partial charge in [0, 0.05) is 0 Å². The molecule has 0 aliphatic heterocycles. The molecule has 2 spiro atoms. The molecule has 0 saturated heterocycles. The Morgan fingerprint density at radius 2 is 1.52 bits per heavy atom. The zero-order chi connectivity index (χ0) is 24.2. The molecule has 188 valence electrons. The van der Waals surface area contributed by atoms with Crippen LogP contribution in [-0.4, -0.2) is 22.4 Å². The van der Waals surface area contributed by atoms with E-state index in [1.54, 1.807) is 0 Å². The van der Waals surface area contributed by atoms with Crippen molar-refractivity contribution < 1.29 is 10.2 Å². The van der Waals surface area contributed by atoms with Crippen molar-refractivity contribution in [1.29, 1.82) is 0 Å². The summed E-state index contributed by atoms with van der Waals surface area (Å²) in [7, 11) is 0. The highest BCUT2D eigenvalue weighted by Gasteiger charge is 2.85. The van der Waals surface area contributed by atoms with E-state index in [-0.39, 0.29) is 17.6 Å². The van der Waals surface area contributed by atoms with Crippen molar-refractivity contribution in [1.82, 2.24) is 0 Å². The molecule has 0 bridgehead atoms. The van der Waals surface area contributed by atoms with Crippen LogP contribution in [0.1, 0.15) is 113 Å². The van der Waals surface area contributed by atoms with Crippen LogP contribution in [0, 0.1) is 56.7 Å². The topological polar surface area (TPSA) is 40.5 Å². The molecule has 0 amide bonds. The summed E-state index contributed by atoms with van der Waals surface area (Å²) in [4.78, 5) is 0. The molecule has 0 heterocycles. The molecule has 0 aromatic carbocycles. The van der Waals surface area contributed by atoms with Gasteiger partial charge in [-0.25, -0.2) is 0 Å². The summed E-state index contributed by atoms with van der Waals surface area (Å²) in [6.45, 7) is 21.1. The van der Waals surface area contributed by atoms with Gasteiger partial charge in [-0.2, -0.15) is 0 Å². The Balaban J connectivity index is 1.42. The van der Waals surface area contributed by atoms with Crippen molar-refractivity contribution >= 4 is 0 Å². The van der Waals surface area contributed by atoms with E-state index >= 15 is 0 Å². The number of hydrogen-bond acceptors (Lipinski definition) is 2. The Kier molecular flexibility index (Phi) is 5.42. The molecule has 0 radical (unpaired) electrons. The Morgan fingerprint density at radius 1 is 0.879 bits per heavy atom. The molecule has 11 atom stereocenters. The summed E-state index contributed by atoms with van der Waals surface area (Å²) in [5.41, 5.74) is 2.89. The fourth-order valence-electron chi connectivity index (χ4n) is 11.9. The predicted octanol–water partition coefficient (Wildman–Crippen LogP) is 7.39. The van der Waals surface area contributed by atoms with Crippen LogP contribution in [0.2, 0.25) is 0 Å². The zero-order valence-electron chi connectivity index (χ0n) is 22.7. The van der Waals surface area contributed by atoms with Crippen molar-refractivity contribution in [2.75, 3.05) is 0 Å². The van der Waals surface area contributed by atoms with Crippen LogP contribution in [0.4, 0.5) is 0 Å². The molecule has 3 unspecified atom stereocenters. The number of hydrogen-bond donors (Lipinski definition) is 2. The van der Waals surface area contributed by atoms with E-state index in [0.717, 1.165) is 42.6 Å². The standard InChI is InChI=1S/C31H52O2/c1-19(2)23(32)10-9-20(3)22-13-15-29(8)25-12-11-24-27(5,6)26(33)14-16-30(24)21(4)31(25,30)18-17-28(22,29)7/h20-26,32-33H,1,9-18H2,2-8H3/t20?,21-,22-,23?,24+,25?,26+,28-,29+,30-,31+/m1/s1. The van der Waals surface area contributed by atoms with Gasteiger partial charge in [-0.1, -0.05) is 53.7 Å². The summed E-state index contributed by atoms with van der Waals surface area (Å²) in [6, 6.07) is 0. The molecule has 33 heavy (non-hydrogen) atoms. The van der Waals surface area contributed by atoms with Gasteiger partial charge in [-0.05, 0) is 128 Å². The van der Waals surface area contributed by atoms with E-state index in [2.05, 4.69) is 48.1 Å². The highest BCUT2D eigenvalue weighted by Crippen LogP contribution is 2.91. The molecular formula is C31H52O2. The Morgan fingerprint density at radius 3 is 2.18 bits per heavy atom. The van der Waals surface area contributed by atoms with Crippen LogP contribution >= 0.6 is 0 Å². The van der Waals surface area contributed by atoms with Crippen molar-refractivity contribution in [3.8, 4) is 0 Å². The first-order valence-electron chi connectivity index (χ1n) is 14.3. The monoisotopic (exact) mass is 456 g/mol. The second-order valence-electron chi connectivity index (χ2n) is 14.8. The van der Waals surface area contributed by atoms with Crippen LogP contribution in [0.5, 0.6) is 0 Å². The lowest BCUT2D eigenvalue weighted by molar-refractivity contribution is -0.161. The minimum Gasteiger partial charge on any atom is -0.393 e. The molecule has 5 aliphatic rings. The van der Waals surface area contributed by atoms with Gasteiger partial charge in [0.15, 0.2) is 0 Å². The molecule has 5 saturated carbocycles. The first kappa shape index (κ1) is 24.4. The maximum absolute atomic E-state index is 10.9. The van der Waals surface area contributed by atoms with E-state index in [4.69, 9.17) is 0 Å². The minimum atomic E-state index is -0.338. The molecule has 2 heteroatoms. The largest absolute Gasteiger partial charge is 0.393 e. The van der Waals surface area contributed by atoms with Gasteiger partial charge < -0.3 is 10.2 Å². The SMILES string of the molecule is C=C(C)C(O)CCC(C)[C@H]1CC[C@@]2(C)C3CC[C@H]4C(C)(C)[C@@H](O)CC[C@@]45[C@@H](C)[C@@]35CC[C@]12C. The average molecular weight is 457 g/mol. The van der Waals surface area contributed by atoms with Gasteiger partial charge in [0.2, 0.25) is 0 Å². The maximum atomic E-state index is 10.9. The molecular weight excluding hydrogens is 404 g/mol. The van der Waals surface area contributed by atoms with Crippen molar-refractivity contribution in [2.45, 2.75) is 125 Å². The summed E-state index contributed by atoms with van der Waals surface area (Å²) in [5, 5.41) is 21.3. The van der Waals surface area contributed by atoms with Gasteiger partial charge in [-0.15, -0.1) is 0 Å². The van der Waals surface area contributed by atoms with E-state index < -0.39 is 0 Å². The zero-order valence-corrected chi connectivity index (χ0v) is 22.7. The number of rotatable bonds is 5. The van der Waals surface area contributed by atoms with E-state index in [1.165, 1.54) is 44.9 Å².